The highest BCUT2D eigenvalue weighted by atomic mass is 79.9. The molecular formula is C49H35Br. The van der Waals surface area contributed by atoms with Crippen molar-refractivity contribution < 1.29 is 0 Å². The Hall–Kier alpha value is -4.98. The maximum atomic E-state index is 4.32. The van der Waals surface area contributed by atoms with Crippen molar-refractivity contribution in [3.05, 3.63) is 245 Å². The zero-order valence-electron chi connectivity index (χ0n) is 28.4. The number of rotatable bonds is 2. The smallest absolute Gasteiger partial charge is 0.0619 e. The molecule has 7 aromatic rings. The SMILES string of the molecule is Cc1c(Br)c(C)c(C23c4ccccc4C(c4ccccc42)c2ccccc23)c(C)c1C12c3ccccc3C(c3ccccc31)c1ccccc12. The molecule has 13 rings (SSSR count). The van der Waals surface area contributed by atoms with Gasteiger partial charge < -0.3 is 0 Å². The zero-order valence-corrected chi connectivity index (χ0v) is 30.0. The van der Waals surface area contributed by atoms with E-state index in [1.54, 1.807) is 0 Å². The second kappa shape index (κ2) is 9.83. The van der Waals surface area contributed by atoms with Crippen LogP contribution in [0.1, 0.15) is 106 Å². The summed E-state index contributed by atoms with van der Waals surface area (Å²) in [4.78, 5) is 0. The molecule has 50 heavy (non-hydrogen) atoms. The molecule has 0 aromatic heterocycles. The largest absolute Gasteiger partial charge is 0.0716 e. The predicted octanol–water partition coefficient (Wildman–Crippen LogP) is 11.8. The molecule has 0 saturated carbocycles. The molecule has 6 aliphatic carbocycles. The quantitative estimate of drug-likeness (QED) is 0.168. The fourth-order valence-corrected chi connectivity index (χ4v) is 11.9. The van der Waals surface area contributed by atoms with Crippen molar-refractivity contribution in [2.45, 2.75) is 43.4 Å². The number of benzene rings is 7. The lowest BCUT2D eigenvalue weighted by molar-refractivity contribution is 0.601. The molecule has 0 N–H and O–H groups in total. The van der Waals surface area contributed by atoms with Crippen LogP contribution in [0.5, 0.6) is 0 Å². The Morgan fingerprint density at radius 1 is 0.340 bits per heavy atom. The third-order valence-corrected chi connectivity index (χ3v) is 14.2. The van der Waals surface area contributed by atoms with E-state index < -0.39 is 10.8 Å². The van der Waals surface area contributed by atoms with Crippen LogP contribution in [0, 0.1) is 20.8 Å². The molecule has 4 bridgehead atoms. The second-order valence-corrected chi connectivity index (χ2v) is 15.6. The topological polar surface area (TPSA) is 0 Å². The summed E-state index contributed by atoms with van der Waals surface area (Å²) in [5.41, 5.74) is 23.0. The van der Waals surface area contributed by atoms with Gasteiger partial charge in [-0.25, -0.2) is 0 Å². The monoisotopic (exact) mass is 702 g/mol. The average Bonchev–Trinajstić information content (AvgIpc) is 3.17. The van der Waals surface area contributed by atoms with E-state index in [1.807, 2.05) is 0 Å². The van der Waals surface area contributed by atoms with E-state index in [1.165, 1.54) is 99.1 Å². The van der Waals surface area contributed by atoms with Gasteiger partial charge in [-0.1, -0.05) is 162 Å². The molecule has 0 unspecified atom stereocenters. The Kier molecular flexibility index (Phi) is 5.67. The maximum absolute atomic E-state index is 4.32. The molecule has 0 heterocycles. The Balaban J connectivity index is 1.37. The first-order valence-corrected chi connectivity index (χ1v) is 18.7. The molecule has 0 spiro atoms. The molecule has 0 radical (unpaired) electrons. The van der Waals surface area contributed by atoms with Crippen LogP contribution in [-0.2, 0) is 10.8 Å². The summed E-state index contributed by atoms with van der Waals surface area (Å²) in [6, 6.07) is 55.8. The normalized spacial score (nSPS) is 22.6. The highest BCUT2D eigenvalue weighted by molar-refractivity contribution is 9.10. The second-order valence-electron chi connectivity index (χ2n) is 14.8. The standard InChI is InChI=1S/C49H35Br/c1-28-45(48-37-22-10-4-16-31(37)43(32-17-5-11-23-38(32)48)33-18-6-12-24-39(33)48)29(2)47(50)30(3)46(28)49-40-25-13-7-19-34(40)44(35-20-8-14-26-41(35)49)36-21-9-15-27-42(36)49/h4-27,43-44H,1-3H3. The molecule has 0 aliphatic heterocycles. The van der Waals surface area contributed by atoms with Gasteiger partial charge >= 0.3 is 0 Å². The molecule has 0 fully saturated rings. The van der Waals surface area contributed by atoms with Gasteiger partial charge in [0.1, 0.15) is 0 Å². The van der Waals surface area contributed by atoms with Gasteiger partial charge in [0.15, 0.2) is 0 Å². The highest BCUT2D eigenvalue weighted by Gasteiger charge is 2.57. The van der Waals surface area contributed by atoms with Crippen LogP contribution in [0.15, 0.2) is 150 Å². The van der Waals surface area contributed by atoms with Crippen LogP contribution in [0.4, 0.5) is 0 Å². The van der Waals surface area contributed by atoms with Gasteiger partial charge in [0, 0.05) is 16.3 Å². The minimum Gasteiger partial charge on any atom is -0.0619 e. The zero-order chi connectivity index (χ0) is 33.5. The van der Waals surface area contributed by atoms with Gasteiger partial charge in [0.05, 0.1) is 10.8 Å². The van der Waals surface area contributed by atoms with Crippen molar-refractivity contribution in [3.8, 4) is 0 Å². The van der Waals surface area contributed by atoms with Crippen molar-refractivity contribution in [2.24, 2.45) is 0 Å². The Morgan fingerprint density at radius 3 is 0.800 bits per heavy atom. The van der Waals surface area contributed by atoms with E-state index in [0.29, 0.717) is 0 Å². The average molecular weight is 704 g/mol. The summed E-state index contributed by atoms with van der Waals surface area (Å²) in [5, 5.41) is 0. The van der Waals surface area contributed by atoms with Crippen molar-refractivity contribution in [1.29, 1.82) is 0 Å². The first-order valence-electron chi connectivity index (χ1n) is 17.9. The van der Waals surface area contributed by atoms with Gasteiger partial charge in [-0.05, 0) is 115 Å². The molecular weight excluding hydrogens is 668 g/mol. The molecule has 1 heteroatoms. The summed E-state index contributed by atoms with van der Waals surface area (Å²) in [5.74, 6) is 0.458. The van der Waals surface area contributed by atoms with Gasteiger partial charge in [0.2, 0.25) is 0 Å². The van der Waals surface area contributed by atoms with Crippen LogP contribution in [0.3, 0.4) is 0 Å². The van der Waals surface area contributed by atoms with Crippen LogP contribution in [-0.4, -0.2) is 0 Å². The number of halogens is 1. The fourth-order valence-electron chi connectivity index (χ4n) is 11.5. The van der Waals surface area contributed by atoms with E-state index in [2.05, 4.69) is 182 Å². The number of hydrogen-bond acceptors (Lipinski definition) is 0. The summed E-state index contributed by atoms with van der Waals surface area (Å²) >= 11 is 4.32. The van der Waals surface area contributed by atoms with Gasteiger partial charge in [-0.15, -0.1) is 0 Å². The summed E-state index contributed by atoms with van der Waals surface area (Å²) in [7, 11) is 0. The van der Waals surface area contributed by atoms with E-state index in [-0.39, 0.29) is 11.8 Å². The minimum atomic E-state index is -0.473. The van der Waals surface area contributed by atoms with Gasteiger partial charge in [-0.3, -0.25) is 0 Å². The Labute approximate surface area is 302 Å². The third kappa shape index (κ3) is 3.08. The summed E-state index contributed by atoms with van der Waals surface area (Å²) in [6.07, 6.45) is 0. The maximum Gasteiger partial charge on any atom is 0.0716 e. The van der Waals surface area contributed by atoms with E-state index in [0.717, 1.165) is 0 Å². The van der Waals surface area contributed by atoms with Crippen molar-refractivity contribution in [3.63, 3.8) is 0 Å². The fraction of sp³-hybridized carbons (Fsp3) is 0.143. The molecule has 6 aliphatic rings. The Morgan fingerprint density at radius 2 is 0.560 bits per heavy atom. The third-order valence-electron chi connectivity index (χ3n) is 13.0. The van der Waals surface area contributed by atoms with Crippen molar-refractivity contribution >= 4 is 15.9 Å². The molecule has 238 valence electrons. The first-order chi connectivity index (χ1) is 24.5. The molecule has 0 amide bonds. The van der Waals surface area contributed by atoms with Gasteiger partial charge in [0.25, 0.3) is 0 Å². The lowest BCUT2D eigenvalue weighted by Crippen LogP contribution is -2.46. The molecule has 0 saturated heterocycles. The predicted molar refractivity (Wildman–Crippen MR) is 207 cm³/mol. The van der Waals surface area contributed by atoms with Crippen molar-refractivity contribution in [2.75, 3.05) is 0 Å². The Bertz CT molecular complexity index is 2210. The van der Waals surface area contributed by atoms with Crippen molar-refractivity contribution in [1.82, 2.24) is 0 Å². The van der Waals surface area contributed by atoms with Crippen LogP contribution in [0.2, 0.25) is 0 Å². The highest BCUT2D eigenvalue weighted by Crippen LogP contribution is 2.66. The lowest BCUT2D eigenvalue weighted by atomic mass is 9.47. The van der Waals surface area contributed by atoms with E-state index in [9.17, 15) is 0 Å². The first kappa shape index (κ1) is 28.8. The summed E-state index contributed by atoms with van der Waals surface area (Å²) in [6.45, 7) is 7.17. The molecule has 0 nitrogen and oxygen atoms in total. The molecule has 7 aromatic carbocycles. The van der Waals surface area contributed by atoms with E-state index in [4.69, 9.17) is 0 Å². The van der Waals surface area contributed by atoms with Crippen LogP contribution in [0.25, 0.3) is 0 Å². The van der Waals surface area contributed by atoms with Gasteiger partial charge in [-0.2, -0.15) is 0 Å². The number of hydrogen-bond donors (Lipinski definition) is 0. The lowest BCUT2D eigenvalue weighted by Gasteiger charge is -2.54. The van der Waals surface area contributed by atoms with Crippen LogP contribution >= 0.6 is 15.9 Å². The summed E-state index contributed by atoms with van der Waals surface area (Å²) < 4.78 is 1.21. The van der Waals surface area contributed by atoms with Crippen LogP contribution < -0.4 is 0 Å². The molecule has 0 atom stereocenters. The minimum absolute atomic E-state index is 0.229. The van der Waals surface area contributed by atoms with E-state index >= 15 is 0 Å².